The first-order chi connectivity index (χ1) is 8.00. The summed E-state index contributed by atoms with van der Waals surface area (Å²) in [6.45, 7) is 0. The van der Waals surface area contributed by atoms with Gasteiger partial charge in [-0.25, -0.2) is 13.1 Å². The first-order valence-electron chi connectivity index (χ1n) is 4.76. The predicted octanol–water partition coefficient (Wildman–Crippen LogP) is 1.15. The topological polar surface area (TPSA) is 75.8 Å². The predicted molar refractivity (Wildman–Crippen MR) is 61.4 cm³/mol. The van der Waals surface area contributed by atoms with Crippen molar-refractivity contribution in [3.8, 4) is 11.8 Å². The van der Waals surface area contributed by atoms with E-state index in [9.17, 15) is 8.42 Å². The molecule has 0 atom stereocenters. The molecule has 0 aliphatic carbocycles. The van der Waals surface area contributed by atoms with Crippen LogP contribution in [0.2, 0.25) is 0 Å². The maximum atomic E-state index is 11.3. The van der Waals surface area contributed by atoms with Gasteiger partial charge in [0.2, 0.25) is 0 Å². The second-order valence-electron chi connectivity index (χ2n) is 3.55. The smallest absolute Gasteiger partial charge is 0.175 e. The lowest BCUT2D eigenvalue weighted by atomic mass is 10.3. The van der Waals surface area contributed by atoms with Crippen LogP contribution in [0.15, 0.2) is 41.6 Å². The minimum Gasteiger partial charge on any atom is -0.240 e. The number of hydrogen-bond donors (Lipinski definition) is 0. The Labute approximate surface area is 98.8 Å². The maximum Gasteiger partial charge on any atom is 0.175 e. The molecule has 2 aromatic rings. The Balaban J connectivity index is 2.40. The zero-order valence-electron chi connectivity index (χ0n) is 9.03. The van der Waals surface area contributed by atoms with Crippen LogP contribution >= 0.6 is 0 Å². The Hall–Kier alpha value is -2.13. The van der Waals surface area contributed by atoms with Gasteiger partial charge in [0, 0.05) is 12.5 Å². The van der Waals surface area contributed by atoms with Crippen LogP contribution in [0.25, 0.3) is 5.69 Å². The van der Waals surface area contributed by atoms with Gasteiger partial charge in [0.05, 0.1) is 22.3 Å². The number of rotatable bonds is 2. The van der Waals surface area contributed by atoms with Crippen molar-refractivity contribution in [1.82, 2.24) is 9.78 Å². The van der Waals surface area contributed by atoms with Crippen molar-refractivity contribution in [1.29, 1.82) is 5.26 Å². The molecule has 0 saturated carbocycles. The third kappa shape index (κ3) is 2.34. The molecule has 1 aromatic heterocycles. The molecule has 0 saturated heterocycles. The van der Waals surface area contributed by atoms with Gasteiger partial charge in [-0.3, -0.25) is 0 Å². The Bertz CT molecular complexity index is 678. The standard InChI is InChI=1S/C11H9N3O2S/c1-17(15,16)11-4-2-10(3-5-11)14-8-9(6-12)7-13-14/h2-5,7-8H,1H3. The Morgan fingerprint density at radius 1 is 1.29 bits per heavy atom. The molecule has 0 radical (unpaired) electrons. The van der Waals surface area contributed by atoms with Gasteiger partial charge in [-0.2, -0.15) is 10.4 Å². The summed E-state index contributed by atoms with van der Waals surface area (Å²) in [5.41, 5.74) is 1.16. The van der Waals surface area contributed by atoms with E-state index >= 15 is 0 Å². The third-order valence-corrected chi connectivity index (χ3v) is 3.37. The van der Waals surface area contributed by atoms with Crippen molar-refractivity contribution < 1.29 is 8.42 Å². The molecule has 5 nitrogen and oxygen atoms in total. The maximum absolute atomic E-state index is 11.3. The van der Waals surface area contributed by atoms with E-state index < -0.39 is 9.84 Å². The molecule has 0 spiro atoms. The van der Waals surface area contributed by atoms with Gasteiger partial charge in [-0.15, -0.1) is 0 Å². The molecule has 0 bridgehead atoms. The van der Waals surface area contributed by atoms with Gasteiger partial charge >= 0.3 is 0 Å². The number of nitrogens with zero attached hydrogens (tertiary/aromatic N) is 3. The average molecular weight is 247 g/mol. The average Bonchev–Trinajstić information content (AvgIpc) is 2.76. The molecular weight excluding hydrogens is 238 g/mol. The van der Waals surface area contributed by atoms with Crippen molar-refractivity contribution >= 4 is 9.84 Å². The van der Waals surface area contributed by atoms with E-state index in [2.05, 4.69) is 5.10 Å². The van der Waals surface area contributed by atoms with Gasteiger partial charge < -0.3 is 0 Å². The third-order valence-electron chi connectivity index (χ3n) is 2.24. The zero-order valence-corrected chi connectivity index (χ0v) is 9.85. The van der Waals surface area contributed by atoms with Crippen molar-refractivity contribution in [2.45, 2.75) is 4.90 Å². The van der Waals surface area contributed by atoms with E-state index in [0.29, 0.717) is 11.3 Å². The number of benzene rings is 1. The molecule has 0 fully saturated rings. The number of sulfone groups is 1. The van der Waals surface area contributed by atoms with Gasteiger partial charge in [-0.1, -0.05) is 0 Å². The van der Waals surface area contributed by atoms with Gasteiger partial charge in [0.15, 0.2) is 9.84 Å². The van der Waals surface area contributed by atoms with E-state index in [1.54, 1.807) is 18.3 Å². The molecule has 0 aliphatic rings. The molecule has 17 heavy (non-hydrogen) atoms. The zero-order chi connectivity index (χ0) is 12.5. The van der Waals surface area contributed by atoms with E-state index in [1.807, 2.05) is 6.07 Å². The van der Waals surface area contributed by atoms with Crippen molar-refractivity contribution in [3.05, 3.63) is 42.2 Å². The monoisotopic (exact) mass is 247 g/mol. The van der Waals surface area contributed by atoms with Crippen LogP contribution in [-0.2, 0) is 9.84 Å². The molecular formula is C11H9N3O2S. The van der Waals surface area contributed by atoms with Gasteiger partial charge in [0.25, 0.3) is 0 Å². The van der Waals surface area contributed by atoms with Crippen LogP contribution in [-0.4, -0.2) is 24.5 Å². The summed E-state index contributed by atoms with van der Waals surface area (Å²) in [6.07, 6.45) is 4.18. The summed E-state index contributed by atoms with van der Waals surface area (Å²) in [4.78, 5) is 0.258. The minimum absolute atomic E-state index is 0.258. The highest BCUT2D eigenvalue weighted by atomic mass is 32.2. The summed E-state index contributed by atoms with van der Waals surface area (Å²) >= 11 is 0. The Kier molecular flexibility index (Phi) is 2.69. The van der Waals surface area contributed by atoms with Crippen molar-refractivity contribution in [2.24, 2.45) is 0 Å². The summed E-state index contributed by atoms with van der Waals surface area (Å²) in [7, 11) is -3.18. The largest absolute Gasteiger partial charge is 0.240 e. The molecule has 0 amide bonds. The first kappa shape index (κ1) is 11.4. The van der Waals surface area contributed by atoms with Crippen LogP contribution in [0.5, 0.6) is 0 Å². The summed E-state index contributed by atoms with van der Waals surface area (Å²) < 4.78 is 24.0. The van der Waals surface area contributed by atoms with Gasteiger partial charge in [0.1, 0.15) is 6.07 Å². The van der Waals surface area contributed by atoms with Crippen molar-refractivity contribution in [3.63, 3.8) is 0 Å². The molecule has 86 valence electrons. The summed E-state index contributed by atoms with van der Waals surface area (Å²) in [6, 6.07) is 8.28. The SMILES string of the molecule is CS(=O)(=O)c1ccc(-n2cc(C#N)cn2)cc1. The molecule has 0 aliphatic heterocycles. The van der Waals surface area contributed by atoms with E-state index in [4.69, 9.17) is 5.26 Å². The van der Waals surface area contributed by atoms with Gasteiger partial charge in [-0.05, 0) is 24.3 Å². The molecule has 1 aromatic carbocycles. The second-order valence-corrected chi connectivity index (χ2v) is 5.57. The highest BCUT2D eigenvalue weighted by Crippen LogP contribution is 2.13. The highest BCUT2D eigenvalue weighted by Gasteiger charge is 2.07. The second kappa shape index (κ2) is 4.03. The first-order valence-corrected chi connectivity index (χ1v) is 6.65. The Morgan fingerprint density at radius 2 is 1.94 bits per heavy atom. The number of nitriles is 1. The van der Waals surface area contributed by atoms with Crippen LogP contribution < -0.4 is 0 Å². The highest BCUT2D eigenvalue weighted by molar-refractivity contribution is 7.90. The molecule has 2 rings (SSSR count). The fraction of sp³-hybridized carbons (Fsp3) is 0.0909. The Morgan fingerprint density at radius 3 is 2.41 bits per heavy atom. The fourth-order valence-corrected chi connectivity index (χ4v) is 2.00. The molecule has 0 unspecified atom stereocenters. The van der Waals surface area contributed by atoms with E-state index in [1.165, 1.54) is 23.0 Å². The summed E-state index contributed by atoms with van der Waals surface area (Å²) in [5, 5.41) is 12.7. The quantitative estimate of drug-likeness (QED) is 0.797. The van der Waals surface area contributed by atoms with E-state index in [0.717, 1.165) is 6.26 Å². The van der Waals surface area contributed by atoms with Crippen LogP contribution in [0, 0.1) is 11.3 Å². The fourth-order valence-electron chi connectivity index (χ4n) is 1.37. The minimum atomic E-state index is -3.18. The van der Waals surface area contributed by atoms with E-state index in [-0.39, 0.29) is 4.90 Å². The van der Waals surface area contributed by atoms with Crippen LogP contribution in [0.1, 0.15) is 5.56 Å². The van der Waals surface area contributed by atoms with Crippen LogP contribution in [0.3, 0.4) is 0 Å². The number of hydrogen-bond acceptors (Lipinski definition) is 4. The lowest BCUT2D eigenvalue weighted by Gasteiger charge is -2.02. The lowest BCUT2D eigenvalue weighted by molar-refractivity contribution is 0.602. The lowest BCUT2D eigenvalue weighted by Crippen LogP contribution is -1.98. The molecule has 1 heterocycles. The number of aromatic nitrogens is 2. The van der Waals surface area contributed by atoms with Crippen LogP contribution in [0.4, 0.5) is 0 Å². The normalized spacial score (nSPS) is 11.1. The molecule has 0 N–H and O–H groups in total. The summed E-state index contributed by atoms with van der Waals surface area (Å²) in [5.74, 6) is 0. The molecule has 6 heteroatoms. The van der Waals surface area contributed by atoms with Crippen molar-refractivity contribution in [2.75, 3.05) is 6.26 Å².